The first-order valence-electron chi connectivity index (χ1n) is 6.03. The largest absolute Gasteiger partial charge is 0.395 e. The zero-order valence-electron chi connectivity index (χ0n) is 10.2. The maximum atomic E-state index is 11.2. The van der Waals surface area contributed by atoms with Crippen LogP contribution in [0.4, 0.5) is 4.79 Å². The Morgan fingerprint density at radius 1 is 1.38 bits per heavy atom. The normalized spacial score (nSPS) is 15.6. The molecule has 3 N–H and O–H groups in total. The van der Waals surface area contributed by atoms with Crippen LogP contribution in [0, 0.1) is 0 Å². The zero-order valence-corrected chi connectivity index (χ0v) is 10.2. The van der Waals surface area contributed by atoms with Crippen LogP contribution in [0.15, 0.2) is 0 Å². The molecule has 0 spiro atoms. The summed E-state index contributed by atoms with van der Waals surface area (Å²) in [6.07, 6.45) is 2.57. The molecule has 1 aliphatic rings. The quantitative estimate of drug-likeness (QED) is 0.582. The van der Waals surface area contributed by atoms with Gasteiger partial charge in [0.05, 0.1) is 6.61 Å². The molecule has 0 aliphatic heterocycles. The summed E-state index contributed by atoms with van der Waals surface area (Å²) in [7, 11) is 0. The second-order valence-corrected chi connectivity index (χ2v) is 4.47. The van der Waals surface area contributed by atoms with E-state index in [1.807, 2.05) is 0 Å². The monoisotopic (exact) mass is 229 g/mol. The van der Waals surface area contributed by atoms with Gasteiger partial charge in [-0.05, 0) is 26.7 Å². The van der Waals surface area contributed by atoms with Crippen LogP contribution in [0.5, 0.6) is 0 Å². The fourth-order valence-electron chi connectivity index (χ4n) is 1.80. The lowest BCUT2D eigenvalue weighted by Gasteiger charge is -2.26. The molecule has 0 saturated heterocycles. The molecule has 2 amide bonds. The van der Waals surface area contributed by atoms with Gasteiger partial charge in [-0.3, -0.25) is 4.90 Å². The van der Waals surface area contributed by atoms with Crippen molar-refractivity contribution in [2.75, 3.05) is 26.2 Å². The Kier molecular flexibility index (Phi) is 5.55. The van der Waals surface area contributed by atoms with E-state index in [4.69, 9.17) is 5.11 Å². The molecule has 5 heteroatoms. The number of rotatable bonds is 7. The van der Waals surface area contributed by atoms with Crippen molar-refractivity contribution in [3.63, 3.8) is 0 Å². The Morgan fingerprint density at radius 2 is 2.00 bits per heavy atom. The molecular weight excluding hydrogens is 206 g/mol. The number of amides is 2. The molecule has 16 heavy (non-hydrogen) atoms. The van der Waals surface area contributed by atoms with Gasteiger partial charge in [0.15, 0.2) is 0 Å². The van der Waals surface area contributed by atoms with E-state index in [1.165, 1.54) is 12.8 Å². The van der Waals surface area contributed by atoms with Gasteiger partial charge in [-0.2, -0.15) is 0 Å². The van der Waals surface area contributed by atoms with E-state index in [0.717, 1.165) is 12.6 Å². The van der Waals surface area contributed by atoms with E-state index in [1.54, 1.807) is 0 Å². The van der Waals surface area contributed by atoms with Crippen LogP contribution >= 0.6 is 0 Å². The van der Waals surface area contributed by atoms with E-state index in [9.17, 15) is 4.79 Å². The molecule has 1 rings (SSSR count). The third-order valence-corrected chi connectivity index (χ3v) is 2.73. The summed E-state index contributed by atoms with van der Waals surface area (Å²) >= 11 is 0. The SMILES string of the molecule is CC(C)N(CCNC(=O)NCCO)C1CC1. The van der Waals surface area contributed by atoms with Crippen LogP contribution in [0.3, 0.4) is 0 Å². The Morgan fingerprint density at radius 3 is 2.50 bits per heavy atom. The Hall–Kier alpha value is -0.810. The Balaban J connectivity index is 2.10. The number of nitrogens with one attached hydrogen (secondary N) is 2. The van der Waals surface area contributed by atoms with Crippen molar-refractivity contribution < 1.29 is 9.90 Å². The van der Waals surface area contributed by atoms with Crippen LogP contribution in [-0.4, -0.2) is 54.4 Å². The van der Waals surface area contributed by atoms with Gasteiger partial charge in [0.1, 0.15) is 0 Å². The highest BCUT2D eigenvalue weighted by atomic mass is 16.3. The van der Waals surface area contributed by atoms with Crippen molar-refractivity contribution in [1.29, 1.82) is 0 Å². The van der Waals surface area contributed by atoms with Gasteiger partial charge >= 0.3 is 6.03 Å². The minimum atomic E-state index is -0.200. The molecule has 0 heterocycles. The number of hydrogen-bond donors (Lipinski definition) is 3. The fraction of sp³-hybridized carbons (Fsp3) is 0.909. The van der Waals surface area contributed by atoms with Crippen LogP contribution in [0.25, 0.3) is 0 Å². The molecule has 1 saturated carbocycles. The van der Waals surface area contributed by atoms with Gasteiger partial charge in [-0.15, -0.1) is 0 Å². The highest BCUT2D eigenvalue weighted by molar-refractivity contribution is 5.73. The summed E-state index contributed by atoms with van der Waals surface area (Å²) in [6, 6.07) is 1.06. The van der Waals surface area contributed by atoms with Crippen molar-refractivity contribution in [1.82, 2.24) is 15.5 Å². The van der Waals surface area contributed by atoms with Gasteiger partial charge < -0.3 is 15.7 Å². The van der Waals surface area contributed by atoms with Crippen LogP contribution < -0.4 is 10.6 Å². The maximum Gasteiger partial charge on any atom is 0.314 e. The molecule has 5 nitrogen and oxygen atoms in total. The fourth-order valence-corrected chi connectivity index (χ4v) is 1.80. The Bertz CT molecular complexity index is 215. The smallest absolute Gasteiger partial charge is 0.314 e. The first kappa shape index (κ1) is 13.3. The maximum absolute atomic E-state index is 11.2. The highest BCUT2D eigenvalue weighted by Crippen LogP contribution is 2.27. The number of nitrogens with zero attached hydrogens (tertiary/aromatic N) is 1. The summed E-state index contributed by atoms with van der Waals surface area (Å²) in [5.74, 6) is 0. The number of hydrogen-bond acceptors (Lipinski definition) is 3. The van der Waals surface area contributed by atoms with Crippen molar-refractivity contribution in [3.05, 3.63) is 0 Å². The number of urea groups is 1. The summed E-state index contributed by atoms with van der Waals surface area (Å²) < 4.78 is 0. The summed E-state index contributed by atoms with van der Waals surface area (Å²) in [4.78, 5) is 13.6. The third kappa shape index (κ3) is 4.81. The summed E-state index contributed by atoms with van der Waals surface area (Å²) in [6.45, 7) is 6.21. The first-order valence-corrected chi connectivity index (χ1v) is 6.03. The number of aliphatic hydroxyl groups excluding tert-OH is 1. The third-order valence-electron chi connectivity index (χ3n) is 2.73. The molecule has 0 unspecified atom stereocenters. The predicted molar refractivity (Wildman–Crippen MR) is 63.4 cm³/mol. The average Bonchev–Trinajstić information content (AvgIpc) is 3.04. The van der Waals surface area contributed by atoms with Gasteiger partial charge in [-0.1, -0.05) is 0 Å². The van der Waals surface area contributed by atoms with E-state index in [2.05, 4.69) is 29.4 Å². The van der Waals surface area contributed by atoms with Crippen molar-refractivity contribution in [3.8, 4) is 0 Å². The van der Waals surface area contributed by atoms with Crippen molar-refractivity contribution >= 4 is 6.03 Å². The van der Waals surface area contributed by atoms with Crippen LogP contribution in [0.2, 0.25) is 0 Å². The molecule has 0 aromatic heterocycles. The summed E-state index contributed by atoms with van der Waals surface area (Å²) in [5, 5.41) is 13.9. The molecule has 1 aliphatic carbocycles. The topological polar surface area (TPSA) is 64.6 Å². The van der Waals surface area contributed by atoms with Gasteiger partial charge in [0.25, 0.3) is 0 Å². The molecule has 0 atom stereocenters. The van der Waals surface area contributed by atoms with Crippen LogP contribution in [0.1, 0.15) is 26.7 Å². The first-order chi connectivity index (χ1) is 7.65. The lowest BCUT2D eigenvalue weighted by molar-refractivity contribution is 0.206. The molecule has 0 bridgehead atoms. The molecule has 94 valence electrons. The number of carbonyl (C=O) groups excluding carboxylic acids is 1. The highest BCUT2D eigenvalue weighted by Gasteiger charge is 2.30. The molecule has 1 fully saturated rings. The van der Waals surface area contributed by atoms with E-state index >= 15 is 0 Å². The van der Waals surface area contributed by atoms with E-state index in [0.29, 0.717) is 19.1 Å². The molecule has 0 aromatic carbocycles. The van der Waals surface area contributed by atoms with Gasteiger partial charge in [0.2, 0.25) is 0 Å². The van der Waals surface area contributed by atoms with Crippen LogP contribution in [-0.2, 0) is 0 Å². The standard InChI is InChI=1S/C11H23N3O2/c1-9(2)14(10-3-4-10)7-5-12-11(16)13-6-8-15/h9-10,15H,3-8H2,1-2H3,(H2,12,13,16). The van der Waals surface area contributed by atoms with Gasteiger partial charge in [0, 0.05) is 31.7 Å². The van der Waals surface area contributed by atoms with Crippen molar-refractivity contribution in [2.45, 2.75) is 38.8 Å². The number of aliphatic hydroxyl groups is 1. The molecular formula is C11H23N3O2. The number of carbonyl (C=O) groups is 1. The minimum Gasteiger partial charge on any atom is -0.395 e. The molecule has 0 radical (unpaired) electrons. The molecule has 0 aromatic rings. The van der Waals surface area contributed by atoms with Gasteiger partial charge in [-0.25, -0.2) is 4.79 Å². The van der Waals surface area contributed by atoms with Crippen molar-refractivity contribution in [2.24, 2.45) is 0 Å². The Labute approximate surface area is 97.2 Å². The lowest BCUT2D eigenvalue weighted by atomic mass is 10.3. The van der Waals surface area contributed by atoms with E-state index in [-0.39, 0.29) is 12.6 Å². The predicted octanol–water partition coefficient (Wildman–Crippen LogP) is 0.151. The van der Waals surface area contributed by atoms with E-state index < -0.39 is 0 Å². The average molecular weight is 229 g/mol. The zero-order chi connectivity index (χ0) is 12.0. The second kappa shape index (κ2) is 6.70. The second-order valence-electron chi connectivity index (χ2n) is 4.47. The lowest BCUT2D eigenvalue weighted by Crippen LogP contribution is -2.43. The summed E-state index contributed by atoms with van der Waals surface area (Å²) in [5.41, 5.74) is 0. The minimum absolute atomic E-state index is 0.0202.